The van der Waals surface area contributed by atoms with Gasteiger partial charge in [-0.15, -0.1) is 26.3 Å². The number of primary sulfonamides is 1. The molecule has 19 heavy (non-hydrogen) atoms. The third-order valence-electron chi connectivity index (χ3n) is 1.93. The number of rotatable bonds is 2. The molecule has 0 unspecified atom stereocenters. The highest BCUT2D eigenvalue weighted by Gasteiger charge is 2.53. The van der Waals surface area contributed by atoms with E-state index in [2.05, 4.69) is 5.14 Å². The van der Waals surface area contributed by atoms with E-state index >= 15 is 0 Å². The van der Waals surface area contributed by atoms with Gasteiger partial charge in [0.2, 0.25) is 10.0 Å². The normalized spacial score (nSPS) is 13.4. The Bertz CT molecular complexity index is 534. The molecule has 0 aliphatic heterocycles. The van der Waals surface area contributed by atoms with Crippen LogP contribution in [0.5, 0.6) is 0 Å². The Morgan fingerprint density at radius 3 is 1.53 bits per heavy atom. The first-order valence-electron chi connectivity index (χ1n) is 4.40. The molecule has 0 bridgehead atoms. The Labute approximate surface area is 103 Å². The van der Waals surface area contributed by atoms with Crippen molar-refractivity contribution in [2.75, 3.05) is 4.90 Å². The number of halogens is 6. The highest BCUT2D eigenvalue weighted by molar-refractivity contribution is 7.89. The summed E-state index contributed by atoms with van der Waals surface area (Å²) in [6.45, 7) is 0. The summed E-state index contributed by atoms with van der Waals surface area (Å²) in [4.78, 5) is -2.34. The summed E-state index contributed by atoms with van der Waals surface area (Å²) in [5, 5.41) is 4.67. The highest BCUT2D eigenvalue weighted by atomic mass is 32.2. The second-order valence-electron chi connectivity index (χ2n) is 3.31. The van der Waals surface area contributed by atoms with Crippen molar-refractivity contribution in [2.45, 2.75) is 17.5 Å². The highest BCUT2D eigenvalue weighted by Crippen LogP contribution is 2.38. The monoisotopic (exact) mass is 308 g/mol. The zero-order valence-electron chi connectivity index (χ0n) is 8.83. The lowest BCUT2D eigenvalue weighted by molar-refractivity contribution is -0.226. The van der Waals surface area contributed by atoms with Crippen molar-refractivity contribution in [2.24, 2.45) is 5.14 Å². The maximum Gasteiger partial charge on any atom is 0.491 e. The second-order valence-corrected chi connectivity index (χ2v) is 4.87. The van der Waals surface area contributed by atoms with Gasteiger partial charge in [0, 0.05) is 0 Å². The number of nitrogens with zero attached hydrogens (tertiary/aromatic N) is 1. The van der Waals surface area contributed by atoms with E-state index in [4.69, 9.17) is 0 Å². The predicted molar refractivity (Wildman–Crippen MR) is 52.4 cm³/mol. The topological polar surface area (TPSA) is 63.4 Å². The summed E-state index contributed by atoms with van der Waals surface area (Å²) in [5.74, 6) is 0. The molecule has 108 valence electrons. The lowest BCUT2D eigenvalue weighted by atomic mass is 10.3. The Kier molecular flexibility index (Phi) is 3.74. The Morgan fingerprint density at radius 2 is 1.26 bits per heavy atom. The summed E-state index contributed by atoms with van der Waals surface area (Å²) >= 11 is 0. The Hall–Kier alpha value is -1.49. The molecule has 0 aliphatic carbocycles. The molecule has 0 heterocycles. The minimum absolute atomic E-state index is 0.362. The summed E-state index contributed by atoms with van der Waals surface area (Å²) in [6.07, 6.45) is -11.4. The molecule has 0 spiro atoms. The van der Waals surface area contributed by atoms with Gasteiger partial charge in [0.25, 0.3) is 0 Å². The van der Waals surface area contributed by atoms with Crippen molar-refractivity contribution < 1.29 is 34.8 Å². The second kappa shape index (κ2) is 4.56. The minimum Gasteiger partial charge on any atom is -0.225 e. The van der Waals surface area contributed by atoms with E-state index < -0.39 is 38.1 Å². The Balaban J connectivity index is 3.28. The fourth-order valence-electron chi connectivity index (χ4n) is 1.22. The smallest absolute Gasteiger partial charge is 0.225 e. The first-order chi connectivity index (χ1) is 8.33. The van der Waals surface area contributed by atoms with E-state index in [9.17, 15) is 34.8 Å². The SMILES string of the molecule is NS(=O)(=O)c1ccc(N(C(F)(F)F)C(F)(F)F)cc1. The lowest BCUT2D eigenvalue weighted by Crippen LogP contribution is -2.48. The van der Waals surface area contributed by atoms with Crippen molar-refractivity contribution in [1.29, 1.82) is 0 Å². The number of hydrogen-bond acceptors (Lipinski definition) is 3. The van der Waals surface area contributed by atoms with Crippen LogP contribution in [0.2, 0.25) is 0 Å². The number of nitrogens with two attached hydrogens (primary N) is 1. The first kappa shape index (κ1) is 15.6. The van der Waals surface area contributed by atoms with E-state index in [1.165, 1.54) is 0 Å². The minimum atomic E-state index is -5.69. The van der Waals surface area contributed by atoms with Crippen LogP contribution in [0.15, 0.2) is 29.2 Å². The predicted octanol–water partition coefficient (Wildman–Crippen LogP) is 2.18. The number of sulfonamides is 1. The molecule has 1 rings (SSSR count). The zero-order chi connectivity index (χ0) is 15.1. The third kappa shape index (κ3) is 3.73. The molecule has 0 saturated heterocycles. The number of anilines is 1. The van der Waals surface area contributed by atoms with Gasteiger partial charge in [0.15, 0.2) is 0 Å². The number of alkyl halides is 6. The number of hydrogen-bond donors (Lipinski definition) is 1. The maximum absolute atomic E-state index is 12.3. The molecule has 0 radical (unpaired) electrons. The molecular weight excluding hydrogens is 302 g/mol. The van der Waals surface area contributed by atoms with E-state index in [0.29, 0.717) is 24.3 Å². The van der Waals surface area contributed by atoms with Crippen molar-refractivity contribution >= 4 is 15.7 Å². The molecule has 1 aromatic carbocycles. The standard InChI is InChI=1S/C8H6F6N2O2S/c9-7(10,11)16(8(12,13)14)5-1-3-6(4-2-5)19(15,17)18/h1-4H,(H2,15,17,18). The van der Waals surface area contributed by atoms with Crippen LogP contribution < -0.4 is 10.0 Å². The molecule has 0 saturated carbocycles. The average Bonchev–Trinajstić information content (AvgIpc) is 2.12. The first-order valence-corrected chi connectivity index (χ1v) is 5.95. The molecule has 0 amide bonds. The molecule has 0 aromatic heterocycles. The van der Waals surface area contributed by atoms with Crippen LogP contribution in [-0.4, -0.2) is 21.0 Å². The zero-order valence-corrected chi connectivity index (χ0v) is 9.64. The molecule has 1 aromatic rings. The van der Waals surface area contributed by atoms with E-state index in [1.807, 2.05) is 0 Å². The van der Waals surface area contributed by atoms with Crippen molar-refractivity contribution in [3.05, 3.63) is 24.3 Å². The van der Waals surface area contributed by atoms with Crippen LogP contribution >= 0.6 is 0 Å². The quantitative estimate of drug-likeness (QED) is 0.673. The van der Waals surface area contributed by atoms with E-state index in [0.717, 1.165) is 0 Å². The van der Waals surface area contributed by atoms with Crippen LogP contribution in [-0.2, 0) is 10.0 Å². The molecule has 0 fully saturated rings. The van der Waals surface area contributed by atoms with Gasteiger partial charge in [0.05, 0.1) is 10.6 Å². The van der Waals surface area contributed by atoms with Crippen molar-refractivity contribution in [3.63, 3.8) is 0 Å². The summed E-state index contributed by atoms with van der Waals surface area (Å²) in [7, 11) is -4.20. The van der Waals surface area contributed by atoms with Gasteiger partial charge < -0.3 is 0 Å². The van der Waals surface area contributed by atoms with E-state index in [1.54, 1.807) is 0 Å². The van der Waals surface area contributed by atoms with Crippen LogP contribution in [0.1, 0.15) is 0 Å². The van der Waals surface area contributed by atoms with Crippen molar-refractivity contribution in [3.8, 4) is 0 Å². The van der Waals surface area contributed by atoms with Crippen LogP contribution in [0.4, 0.5) is 32.0 Å². The number of benzene rings is 1. The van der Waals surface area contributed by atoms with Gasteiger partial charge >= 0.3 is 12.6 Å². The van der Waals surface area contributed by atoms with Gasteiger partial charge in [-0.05, 0) is 24.3 Å². The average molecular weight is 308 g/mol. The summed E-state index contributed by atoms with van der Waals surface area (Å²) < 4.78 is 95.5. The molecule has 11 heteroatoms. The molecular formula is C8H6F6N2O2S. The summed E-state index contributed by atoms with van der Waals surface area (Å²) in [5.41, 5.74) is -1.27. The van der Waals surface area contributed by atoms with Crippen LogP contribution in [0.3, 0.4) is 0 Å². The van der Waals surface area contributed by atoms with Gasteiger partial charge in [-0.3, -0.25) is 0 Å². The molecule has 4 nitrogen and oxygen atoms in total. The third-order valence-corrected chi connectivity index (χ3v) is 2.86. The fourth-order valence-corrected chi connectivity index (χ4v) is 1.74. The fraction of sp³-hybridized carbons (Fsp3) is 0.250. The molecule has 2 N–H and O–H groups in total. The largest absolute Gasteiger partial charge is 0.491 e. The van der Waals surface area contributed by atoms with Gasteiger partial charge in [0.1, 0.15) is 0 Å². The van der Waals surface area contributed by atoms with Gasteiger partial charge in [-0.1, -0.05) is 0 Å². The van der Waals surface area contributed by atoms with Crippen LogP contribution in [0, 0.1) is 0 Å². The Morgan fingerprint density at radius 1 is 0.895 bits per heavy atom. The van der Waals surface area contributed by atoms with E-state index in [-0.39, 0.29) is 0 Å². The maximum atomic E-state index is 12.3. The van der Waals surface area contributed by atoms with Crippen molar-refractivity contribution in [1.82, 2.24) is 0 Å². The van der Waals surface area contributed by atoms with Gasteiger partial charge in [-0.25, -0.2) is 13.6 Å². The van der Waals surface area contributed by atoms with Gasteiger partial charge in [-0.2, -0.15) is 4.90 Å². The molecule has 0 atom stereocenters. The molecule has 0 aliphatic rings. The lowest BCUT2D eigenvalue weighted by Gasteiger charge is -2.28. The summed E-state index contributed by atoms with van der Waals surface area (Å²) in [6, 6.07) is 1.83. The van der Waals surface area contributed by atoms with Crippen LogP contribution in [0.25, 0.3) is 0 Å².